The molecule has 1 N–H and O–H groups in total. The fourth-order valence-corrected chi connectivity index (χ4v) is 4.40. The van der Waals surface area contributed by atoms with E-state index in [1.165, 1.54) is 28.2 Å². The van der Waals surface area contributed by atoms with E-state index in [0.717, 1.165) is 4.47 Å². The molecule has 0 unspecified atom stereocenters. The van der Waals surface area contributed by atoms with Crippen molar-refractivity contribution in [1.29, 1.82) is 0 Å². The summed E-state index contributed by atoms with van der Waals surface area (Å²) < 4.78 is 20.1. The van der Waals surface area contributed by atoms with E-state index < -0.39 is 6.03 Å². The number of anilines is 1. The zero-order valence-corrected chi connectivity index (χ0v) is 23.3. The summed E-state index contributed by atoms with van der Waals surface area (Å²) in [5, 5.41) is 3.26. The van der Waals surface area contributed by atoms with Crippen molar-refractivity contribution in [3.05, 3.63) is 111 Å². The van der Waals surface area contributed by atoms with Gasteiger partial charge in [-0.25, -0.2) is 9.18 Å². The number of para-hydroxylation sites is 1. The largest absolute Gasteiger partial charge is 0.464 e. The van der Waals surface area contributed by atoms with Crippen molar-refractivity contribution < 1.29 is 18.4 Å². The lowest BCUT2D eigenvalue weighted by Gasteiger charge is -2.29. The van der Waals surface area contributed by atoms with E-state index in [2.05, 4.69) is 21.2 Å². The molecule has 4 aromatic rings. The Morgan fingerprint density at radius 1 is 0.949 bits per heavy atom. The van der Waals surface area contributed by atoms with Gasteiger partial charge in [-0.05, 0) is 60.0 Å². The van der Waals surface area contributed by atoms with E-state index in [4.69, 9.17) is 4.42 Å². The van der Waals surface area contributed by atoms with E-state index in [0.29, 0.717) is 34.3 Å². The number of nitrogens with zero attached hydrogens (tertiary/aromatic N) is 2. The lowest BCUT2D eigenvalue weighted by Crippen LogP contribution is -2.45. The topological polar surface area (TPSA) is 82.9 Å². The molecule has 0 spiro atoms. The Bertz CT molecular complexity index is 1500. The van der Waals surface area contributed by atoms with E-state index in [-0.39, 0.29) is 42.7 Å². The lowest BCUT2D eigenvalue weighted by molar-refractivity contribution is -0.133. The molecule has 0 aliphatic heterocycles. The average molecular weight is 594 g/mol. The van der Waals surface area contributed by atoms with Crippen LogP contribution in [0.2, 0.25) is 0 Å². The Morgan fingerprint density at radius 3 is 2.33 bits per heavy atom. The first-order valence-corrected chi connectivity index (χ1v) is 13.3. The second-order valence-corrected chi connectivity index (χ2v) is 10.6. The van der Waals surface area contributed by atoms with Crippen LogP contribution in [0.3, 0.4) is 0 Å². The molecule has 4 rings (SSSR count). The zero-order valence-electron chi connectivity index (χ0n) is 21.7. The van der Waals surface area contributed by atoms with E-state index in [9.17, 15) is 18.8 Å². The average Bonchev–Trinajstić information content (AvgIpc) is 2.91. The van der Waals surface area contributed by atoms with Gasteiger partial charge in [-0.1, -0.05) is 54.0 Å². The quantitative estimate of drug-likeness (QED) is 0.243. The normalized spacial score (nSPS) is 11.0. The van der Waals surface area contributed by atoms with Crippen LogP contribution < -0.4 is 10.7 Å². The summed E-state index contributed by atoms with van der Waals surface area (Å²) in [6.07, 6.45) is 1.36. The molecule has 1 aromatic heterocycles. The summed E-state index contributed by atoms with van der Waals surface area (Å²) in [4.78, 5) is 42.9. The van der Waals surface area contributed by atoms with E-state index >= 15 is 0 Å². The van der Waals surface area contributed by atoms with Crippen LogP contribution in [0.15, 0.2) is 92.7 Å². The number of rotatable bonds is 9. The Balaban J connectivity index is 1.59. The van der Waals surface area contributed by atoms with Crippen LogP contribution in [0, 0.1) is 11.7 Å². The predicted molar refractivity (Wildman–Crippen MR) is 153 cm³/mol. The maximum Gasteiger partial charge on any atom is 0.322 e. The number of nitrogens with one attached hydrogen (secondary N) is 1. The van der Waals surface area contributed by atoms with Crippen molar-refractivity contribution in [2.24, 2.45) is 5.92 Å². The van der Waals surface area contributed by atoms with Gasteiger partial charge < -0.3 is 19.5 Å². The van der Waals surface area contributed by atoms with Gasteiger partial charge in [0.25, 0.3) is 0 Å². The molecule has 0 fully saturated rings. The summed E-state index contributed by atoms with van der Waals surface area (Å²) in [5.41, 5.74) is 1.81. The van der Waals surface area contributed by atoms with Crippen LogP contribution in [0.25, 0.3) is 11.0 Å². The van der Waals surface area contributed by atoms with Gasteiger partial charge in [0.2, 0.25) is 5.91 Å². The highest BCUT2D eigenvalue weighted by Crippen LogP contribution is 2.17. The van der Waals surface area contributed by atoms with Crippen molar-refractivity contribution in [2.75, 3.05) is 18.4 Å². The molecule has 3 amide bonds. The number of amides is 3. The van der Waals surface area contributed by atoms with Crippen molar-refractivity contribution in [1.82, 2.24) is 9.80 Å². The highest BCUT2D eigenvalue weighted by molar-refractivity contribution is 9.10. The Labute approximate surface area is 234 Å². The van der Waals surface area contributed by atoms with Gasteiger partial charge in [0.1, 0.15) is 17.9 Å². The van der Waals surface area contributed by atoms with Crippen LogP contribution in [0.5, 0.6) is 0 Å². The molecule has 202 valence electrons. The highest BCUT2D eigenvalue weighted by atomic mass is 79.9. The molecule has 9 heteroatoms. The van der Waals surface area contributed by atoms with Crippen molar-refractivity contribution in [3.63, 3.8) is 0 Å². The fraction of sp³-hybridized carbons (Fsp3) is 0.233. The maximum absolute atomic E-state index is 13.7. The van der Waals surface area contributed by atoms with Gasteiger partial charge in [-0.3, -0.25) is 9.59 Å². The third-order valence-corrected chi connectivity index (χ3v) is 6.58. The summed E-state index contributed by atoms with van der Waals surface area (Å²) in [5.74, 6) is -0.649. The Hall–Kier alpha value is -3.98. The van der Waals surface area contributed by atoms with Crippen LogP contribution in [-0.2, 0) is 17.9 Å². The van der Waals surface area contributed by atoms with Crippen LogP contribution in [0.4, 0.5) is 14.9 Å². The van der Waals surface area contributed by atoms with Gasteiger partial charge in [0.15, 0.2) is 5.43 Å². The number of hydrogen-bond donors (Lipinski definition) is 1. The van der Waals surface area contributed by atoms with E-state index in [1.54, 1.807) is 48.5 Å². The van der Waals surface area contributed by atoms with Crippen molar-refractivity contribution >= 4 is 44.5 Å². The highest BCUT2D eigenvalue weighted by Gasteiger charge is 2.24. The monoisotopic (exact) mass is 593 g/mol. The fourth-order valence-electron chi connectivity index (χ4n) is 4.13. The van der Waals surface area contributed by atoms with Crippen molar-refractivity contribution in [2.45, 2.75) is 26.9 Å². The molecule has 7 nitrogen and oxygen atoms in total. The number of urea groups is 1. The molecule has 0 aliphatic rings. The van der Waals surface area contributed by atoms with Gasteiger partial charge in [-0.2, -0.15) is 0 Å². The predicted octanol–water partition coefficient (Wildman–Crippen LogP) is 6.41. The first kappa shape index (κ1) is 28.0. The van der Waals surface area contributed by atoms with Gasteiger partial charge >= 0.3 is 6.03 Å². The Kier molecular flexibility index (Phi) is 9.14. The number of halogens is 2. The summed E-state index contributed by atoms with van der Waals surface area (Å²) in [6.45, 7) is 4.14. The van der Waals surface area contributed by atoms with Gasteiger partial charge in [-0.15, -0.1) is 0 Å². The molecule has 0 aliphatic carbocycles. The number of carbonyl (C=O) groups is 2. The Morgan fingerprint density at radius 2 is 1.64 bits per heavy atom. The molecule has 0 radical (unpaired) electrons. The van der Waals surface area contributed by atoms with Gasteiger partial charge in [0.05, 0.1) is 23.8 Å². The molecule has 0 saturated heterocycles. The molecule has 3 aromatic carbocycles. The summed E-state index contributed by atoms with van der Waals surface area (Å²) >= 11 is 3.38. The summed E-state index contributed by atoms with van der Waals surface area (Å²) in [6, 6.07) is 19.5. The van der Waals surface area contributed by atoms with Crippen LogP contribution >= 0.6 is 15.9 Å². The number of fused-ring (bicyclic) bond motifs is 1. The molecular formula is C30H29BrFN3O4. The van der Waals surface area contributed by atoms with Crippen LogP contribution in [-0.4, -0.2) is 34.8 Å². The third-order valence-electron chi connectivity index (χ3n) is 6.05. The number of benzene rings is 3. The second-order valence-electron chi connectivity index (χ2n) is 9.67. The molecule has 0 saturated carbocycles. The zero-order chi connectivity index (χ0) is 27.9. The molecule has 39 heavy (non-hydrogen) atoms. The molecule has 0 atom stereocenters. The smallest absolute Gasteiger partial charge is 0.322 e. The van der Waals surface area contributed by atoms with Crippen molar-refractivity contribution in [3.8, 4) is 0 Å². The first-order valence-electron chi connectivity index (χ1n) is 12.5. The van der Waals surface area contributed by atoms with Gasteiger partial charge in [0, 0.05) is 23.2 Å². The minimum atomic E-state index is -0.411. The molecule has 0 bridgehead atoms. The second kappa shape index (κ2) is 12.7. The third kappa shape index (κ3) is 7.54. The lowest BCUT2D eigenvalue weighted by atomic mass is 10.1. The molecular weight excluding hydrogens is 565 g/mol. The minimum Gasteiger partial charge on any atom is -0.464 e. The molecule has 1 heterocycles. The summed E-state index contributed by atoms with van der Waals surface area (Å²) in [7, 11) is 0. The SMILES string of the molecule is CC(C)CN(CC(=O)N(Cc1ccc(F)cc1)Cc1coc2ccccc2c1=O)C(=O)Nc1ccc(Br)cc1. The first-order chi connectivity index (χ1) is 18.7. The standard InChI is InChI=1S/C30H29BrFN3O4/c1-20(2)15-35(30(38)33-25-13-9-23(31)10-14-25)18-28(36)34(16-21-7-11-24(32)12-8-21)17-22-19-39-27-6-4-3-5-26(27)29(22)37/h3-14,19-20H,15-18H2,1-2H3,(H,33,38). The van der Waals surface area contributed by atoms with E-state index in [1.807, 2.05) is 26.0 Å². The number of hydrogen-bond acceptors (Lipinski definition) is 4. The minimum absolute atomic E-state index is 0.0345. The van der Waals surface area contributed by atoms with Crippen LogP contribution in [0.1, 0.15) is 25.0 Å². The maximum atomic E-state index is 13.7. The number of carbonyl (C=O) groups excluding carboxylic acids is 2.